The summed E-state index contributed by atoms with van der Waals surface area (Å²) in [6.07, 6.45) is 0. The van der Waals surface area contributed by atoms with Crippen molar-refractivity contribution in [2.75, 3.05) is 20.3 Å². The lowest BCUT2D eigenvalue weighted by atomic mass is 10.2. The molecule has 1 heterocycles. The molecule has 1 aromatic heterocycles. The maximum absolute atomic E-state index is 14.0. The average molecular weight is 391 g/mol. The van der Waals surface area contributed by atoms with Crippen molar-refractivity contribution in [3.8, 4) is 0 Å². The summed E-state index contributed by atoms with van der Waals surface area (Å²) in [6.45, 7) is 0.103. The molecule has 0 saturated heterocycles. The minimum Gasteiger partial charge on any atom is -0.423 e. The van der Waals surface area contributed by atoms with E-state index >= 15 is 0 Å². The fourth-order valence-corrected chi connectivity index (χ4v) is 4.09. The highest BCUT2D eigenvalue weighted by atomic mass is 32.2. The Morgan fingerprint density at radius 1 is 1.11 bits per heavy atom. The van der Waals surface area contributed by atoms with E-state index in [9.17, 15) is 17.6 Å². The molecule has 0 aliphatic rings. The zero-order chi connectivity index (χ0) is 19.4. The summed E-state index contributed by atoms with van der Waals surface area (Å²) in [5.74, 6) is -0.476. The zero-order valence-corrected chi connectivity index (χ0v) is 15.4. The van der Waals surface area contributed by atoms with Gasteiger partial charge in [0.25, 0.3) is 0 Å². The average Bonchev–Trinajstić information content (AvgIpc) is 2.65. The van der Waals surface area contributed by atoms with Gasteiger partial charge in [0.15, 0.2) is 0 Å². The van der Waals surface area contributed by atoms with E-state index in [0.717, 1.165) is 4.31 Å². The van der Waals surface area contributed by atoms with Crippen LogP contribution >= 0.6 is 0 Å². The van der Waals surface area contributed by atoms with Crippen molar-refractivity contribution in [2.45, 2.75) is 11.4 Å². The maximum Gasteiger partial charge on any atom is 0.336 e. The van der Waals surface area contributed by atoms with Gasteiger partial charge in [-0.3, -0.25) is 0 Å². The van der Waals surface area contributed by atoms with Gasteiger partial charge in [-0.2, -0.15) is 4.31 Å². The van der Waals surface area contributed by atoms with Crippen LogP contribution < -0.4 is 5.63 Å². The highest BCUT2D eigenvalue weighted by molar-refractivity contribution is 7.89. The summed E-state index contributed by atoms with van der Waals surface area (Å²) >= 11 is 0. The smallest absolute Gasteiger partial charge is 0.336 e. The molecule has 0 amide bonds. The second kappa shape index (κ2) is 7.99. The Kier molecular flexibility index (Phi) is 5.69. The predicted molar refractivity (Wildman–Crippen MR) is 98.4 cm³/mol. The van der Waals surface area contributed by atoms with Gasteiger partial charge in [0.1, 0.15) is 11.4 Å². The summed E-state index contributed by atoms with van der Waals surface area (Å²) in [5, 5.41) is 0.480. The second-order valence-electron chi connectivity index (χ2n) is 5.88. The van der Waals surface area contributed by atoms with Crippen molar-refractivity contribution < 1.29 is 22.0 Å². The van der Waals surface area contributed by atoms with Crippen LogP contribution in [0, 0.1) is 5.82 Å². The molecule has 6 nitrogen and oxygen atoms in total. The van der Waals surface area contributed by atoms with E-state index in [-0.39, 0.29) is 30.2 Å². The molecule has 3 aromatic rings. The van der Waals surface area contributed by atoms with Gasteiger partial charge in [0.2, 0.25) is 10.0 Å². The number of rotatable bonds is 7. The molecule has 0 atom stereocenters. The predicted octanol–water partition coefficient (Wildman–Crippen LogP) is 2.77. The molecule has 0 bridgehead atoms. The van der Waals surface area contributed by atoms with Gasteiger partial charge in [-0.1, -0.05) is 18.2 Å². The minimum absolute atomic E-state index is 0.0243. The molecule has 0 radical (unpaired) electrons. The van der Waals surface area contributed by atoms with E-state index < -0.39 is 21.5 Å². The molecule has 142 valence electrons. The highest BCUT2D eigenvalue weighted by Crippen LogP contribution is 2.23. The standard InChI is InChI=1S/C19H18FNO5S/c1-25-11-10-21(13-15-4-2-3-5-17(15)20)27(23,24)16-7-8-18-14(12-16)6-9-19(22)26-18/h2-9,12H,10-11,13H2,1H3. The van der Waals surface area contributed by atoms with Crippen molar-refractivity contribution in [3.05, 3.63) is 76.4 Å². The zero-order valence-electron chi connectivity index (χ0n) is 14.6. The number of hydrogen-bond donors (Lipinski definition) is 0. The Bertz CT molecular complexity index is 1110. The molecule has 27 heavy (non-hydrogen) atoms. The summed E-state index contributed by atoms with van der Waals surface area (Å²) < 4.78 is 51.5. The molecule has 0 spiro atoms. The van der Waals surface area contributed by atoms with Crippen LogP contribution in [0.4, 0.5) is 4.39 Å². The third-order valence-corrected chi connectivity index (χ3v) is 5.92. The summed E-state index contributed by atoms with van der Waals surface area (Å²) in [5.41, 5.74) is 0.0438. The molecule has 0 N–H and O–H groups in total. The lowest BCUT2D eigenvalue weighted by molar-refractivity contribution is 0.177. The largest absolute Gasteiger partial charge is 0.423 e. The monoisotopic (exact) mass is 391 g/mol. The van der Waals surface area contributed by atoms with Crippen LogP contribution in [0.5, 0.6) is 0 Å². The number of fused-ring (bicyclic) bond motifs is 1. The van der Waals surface area contributed by atoms with Crippen LogP contribution in [0.3, 0.4) is 0 Å². The van der Waals surface area contributed by atoms with E-state index in [2.05, 4.69) is 0 Å². The van der Waals surface area contributed by atoms with Crippen LogP contribution in [-0.4, -0.2) is 33.0 Å². The minimum atomic E-state index is -3.92. The summed E-state index contributed by atoms with van der Waals surface area (Å²) in [7, 11) is -2.46. The fraction of sp³-hybridized carbons (Fsp3) is 0.211. The number of benzene rings is 2. The molecule has 0 fully saturated rings. The fourth-order valence-electron chi connectivity index (χ4n) is 2.65. The number of ether oxygens (including phenoxy) is 1. The lowest BCUT2D eigenvalue weighted by Crippen LogP contribution is -2.33. The van der Waals surface area contributed by atoms with Gasteiger partial charge in [-0.05, 0) is 30.3 Å². The van der Waals surface area contributed by atoms with Crippen molar-refractivity contribution in [1.29, 1.82) is 0 Å². The van der Waals surface area contributed by atoms with E-state index in [1.54, 1.807) is 18.2 Å². The van der Waals surface area contributed by atoms with Gasteiger partial charge in [0.05, 0.1) is 11.5 Å². The second-order valence-corrected chi connectivity index (χ2v) is 7.81. The molecular weight excluding hydrogens is 373 g/mol. The van der Waals surface area contributed by atoms with Crippen LogP contribution in [0.2, 0.25) is 0 Å². The van der Waals surface area contributed by atoms with Gasteiger partial charge in [-0.25, -0.2) is 17.6 Å². The molecule has 8 heteroatoms. The van der Waals surface area contributed by atoms with E-state index in [1.165, 1.54) is 43.5 Å². The number of sulfonamides is 1. The van der Waals surface area contributed by atoms with Crippen molar-refractivity contribution in [3.63, 3.8) is 0 Å². The third kappa shape index (κ3) is 4.24. The number of hydrogen-bond acceptors (Lipinski definition) is 5. The van der Waals surface area contributed by atoms with E-state index in [1.807, 2.05) is 0 Å². The Morgan fingerprint density at radius 2 is 1.89 bits per heavy atom. The Morgan fingerprint density at radius 3 is 2.63 bits per heavy atom. The van der Waals surface area contributed by atoms with Gasteiger partial charge < -0.3 is 9.15 Å². The molecular formula is C19H18FNO5S. The lowest BCUT2D eigenvalue weighted by Gasteiger charge is -2.22. The third-order valence-electron chi connectivity index (χ3n) is 4.08. The molecule has 0 saturated carbocycles. The first-order valence-electron chi connectivity index (χ1n) is 8.18. The SMILES string of the molecule is COCCN(Cc1ccccc1F)S(=O)(=O)c1ccc2oc(=O)ccc2c1. The topological polar surface area (TPSA) is 76.8 Å². The quantitative estimate of drug-likeness (QED) is 0.579. The maximum atomic E-state index is 14.0. The van der Waals surface area contributed by atoms with E-state index in [0.29, 0.717) is 11.0 Å². The van der Waals surface area contributed by atoms with Crippen LogP contribution in [0.15, 0.2) is 68.7 Å². The van der Waals surface area contributed by atoms with Crippen molar-refractivity contribution in [2.24, 2.45) is 0 Å². The molecule has 0 aliphatic carbocycles. The summed E-state index contributed by atoms with van der Waals surface area (Å²) in [6, 6.07) is 13.0. The number of halogens is 1. The normalized spacial score (nSPS) is 12.0. The van der Waals surface area contributed by atoms with Crippen molar-refractivity contribution >= 4 is 21.0 Å². The van der Waals surface area contributed by atoms with Gasteiger partial charge in [-0.15, -0.1) is 0 Å². The molecule has 3 rings (SSSR count). The molecule has 2 aromatic carbocycles. The van der Waals surface area contributed by atoms with Gasteiger partial charge in [0, 0.05) is 37.2 Å². The first-order valence-corrected chi connectivity index (χ1v) is 9.62. The Balaban J connectivity index is 2.00. The first kappa shape index (κ1) is 19.2. The van der Waals surface area contributed by atoms with E-state index in [4.69, 9.17) is 9.15 Å². The highest BCUT2D eigenvalue weighted by Gasteiger charge is 2.25. The first-order chi connectivity index (χ1) is 12.9. The Hall–Kier alpha value is -2.55. The molecule has 0 unspecified atom stereocenters. The number of nitrogens with zero attached hydrogens (tertiary/aromatic N) is 1. The van der Waals surface area contributed by atoms with Gasteiger partial charge >= 0.3 is 5.63 Å². The van der Waals surface area contributed by atoms with Crippen molar-refractivity contribution in [1.82, 2.24) is 4.31 Å². The molecule has 0 aliphatic heterocycles. The summed E-state index contributed by atoms with van der Waals surface area (Å²) in [4.78, 5) is 11.3. The van der Waals surface area contributed by atoms with Crippen LogP contribution in [-0.2, 0) is 21.3 Å². The van der Waals surface area contributed by atoms with Crippen LogP contribution in [0.1, 0.15) is 5.56 Å². The van der Waals surface area contributed by atoms with Crippen LogP contribution in [0.25, 0.3) is 11.0 Å². The number of methoxy groups -OCH3 is 1. The Labute approximate surface area is 155 Å².